The maximum absolute atomic E-state index is 12.8. The fourth-order valence-electron chi connectivity index (χ4n) is 1.75. The SMILES string of the molecule is Fc1ccc(COc2ncn(-c3ccccc3)n2)cc1. The first kappa shape index (κ1) is 12.3. The van der Waals surface area contributed by atoms with Gasteiger partial charge in [-0.3, -0.25) is 0 Å². The van der Waals surface area contributed by atoms with Gasteiger partial charge in [-0.15, -0.1) is 5.10 Å². The van der Waals surface area contributed by atoms with E-state index >= 15 is 0 Å². The smallest absolute Gasteiger partial charge is 0.336 e. The number of ether oxygens (including phenoxy) is 1. The van der Waals surface area contributed by atoms with E-state index in [0.29, 0.717) is 6.61 Å². The highest BCUT2D eigenvalue weighted by molar-refractivity contribution is 5.29. The van der Waals surface area contributed by atoms with Gasteiger partial charge in [-0.05, 0) is 29.8 Å². The van der Waals surface area contributed by atoms with Crippen molar-refractivity contribution in [2.45, 2.75) is 6.61 Å². The Balaban J connectivity index is 1.67. The largest absolute Gasteiger partial charge is 0.458 e. The van der Waals surface area contributed by atoms with E-state index in [1.54, 1.807) is 23.1 Å². The molecule has 0 atom stereocenters. The maximum Gasteiger partial charge on any atom is 0.336 e. The molecule has 4 nitrogen and oxygen atoms in total. The molecule has 1 heterocycles. The van der Waals surface area contributed by atoms with E-state index in [0.717, 1.165) is 11.3 Å². The van der Waals surface area contributed by atoms with Crippen molar-refractivity contribution in [3.05, 3.63) is 72.3 Å². The molecule has 0 saturated carbocycles. The monoisotopic (exact) mass is 269 g/mol. The van der Waals surface area contributed by atoms with Gasteiger partial charge in [0.15, 0.2) is 0 Å². The van der Waals surface area contributed by atoms with Crippen LogP contribution in [-0.4, -0.2) is 14.8 Å². The van der Waals surface area contributed by atoms with Crippen molar-refractivity contribution >= 4 is 0 Å². The normalized spacial score (nSPS) is 10.4. The summed E-state index contributed by atoms with van der Waals surface area (Å²) in [6.07, 6.45) is 1.59. The second kappa shape index (κ2) is 5.52. The van der Waals surface area contributed by atoms with Crippen LogP contribution in [0.2, 0.25) is 0 Å². The van der Waals surface area contributed by atoms with Crippen LogP contribution in [0, 0.1) is 5.82 Å². The molecule has 1 aromatic heterocycles. The maximum atomic E-state index is 12.8. The van der Waals surface area contributed by atoms with Crippen LogP contribution in [0.3, 0.4) is 0 Å². The standard InChI is InChI=1S/C15H12FN3O/c16-13-8-6-12(7-9-13)10-20-15-17-11-19(18-15)14-4-2-1-3-5-14/h1-9,11H,10H2. The highest BCUT2D eigenvalue weighted by atomic mass is 19.1. The highest BCUT2D eigenvalue weighted by Crippen LogP contribution is 2.10. The van der Waals surface area contributed by atoms with E-state index in [9.17, 15) is 4.39 Å². The van der Waals surface area contributed by atoms with Gasteiger partial charge in [0, 0.05) is 0 Å². The van der Waals surface area contributed by atoms with Gasteiger partial charge in [-0.2, -0.15) is 4.98 Å². The van der Waals surface area contributed by atoms with Gasteiger partial charge in [0.05, 0.1) is 5.69 Å². The van der Waals surface area contributed by atoms with Gasteiger partial charge in [0.1, 0.15) is 18.8 Å². The molecule has 5 heteroatoms. The molecule has 0 unspecified atom stereocenters. The van der Waals surface area contributed by atoms with Crippen molar-refractivity contribution in [2.75, 3.05) is 0 Å². The Labute approximate surface area is 115 Å². The number of nitrogens with zero attached hydrogens (tertiary/aromatic N) is 3. The van der Waals surface area contributed by atoms with Gasteiger partial charge in [-0.25, -0.2) is 9.07 Å². The first-order valence-electron chi connectivity index (χ1n) is 6.15. The van der Waals surface area contributed by atoms with Gasteiger partial charge >= 0.3 is 6.01 Å². The fraction of sp³-hybridized carbons (Fsp3) is 0.0667. The minimum atomic E-state index is -0.264. The van der Waals surface area contributed by atoms with Gasteiger partial charge in [-0.1, -0.05) is 30.3 Å². The Morgan fingerprint density at radius 2 is 1.75 bits per heavy atom. The van der Waals surface area contributed by atoms with Crippen molar-refractivity contribution in [3.63, 3.8) is 0 Å². The van der Waals surface area contributed by atoms with E-state index in [1.807, 2.05) is 30.3 Å². The molecule has 0 fully saturated rings. The van der Waals surface area contributed by atoms with Crippen LogP contribution in [0.1, 0.15) is 5.56 Å². The lowest BCUT2D eigenvalue weighted by atomic mass is 10.2. The molecule has 20 heavy (non-hydrogen) atoms. The summed E-state index contributed by atoms with van der Waals surface area (Å²) >= 11 is 0. The predicted octanol–water partition coefficient (Wildman–Crippen LogP) is 2.99. The van der Waals surface area contributed by atoms with E-state index in [-0.39, 0.29) is 11.8 Å². The first-order chi connectivity index (χ1) is 9.81. The van der Waals surface area contributed by atoms with Gasteiger partial charge in [0.2, 0.25) is 0 Å². The topological polar surface area (TPSA) is 39.9 Å². The molecule has 0 N–H and O–H groups in total. The quantitative estimate of drug-likeness (QED) is 0.731. The fourth-order valence-corrected chi connectivity index (χ4v) is 1.75. The average molecular weight is 269 g/mol. The average Bonchev–Trinajstić information content (AvgIpc) is 2.97. The van der Waals surface area contributed by atoms with Crippen molar-refractivity contribution in [1.82, 2.24) is 14.8 Å². The van der Waals surface area contributed by atoms with Crippen molar-refractivity contribution < 1.29 is 9.13 Å². The molecular formula is C15H12FN3O. The molecule has 0 saturated heterocycles. The molecule has 0 bridgehead atoms. The molecule has 0 aliphatic rings. The molecule has 2 aromatic carbocycles. The van der Waals surface area contributed by atoms with E-state index < -0.39 is 0 Å². The van der Waals surface area contributed by atoms with Crippen molar-refractivity contribution in [2.24, 2.45) is 0 Å². The van der Waals surface area contributed by atoms with Crippen molar-refractivity contribution in [3.8, 4) is 11.7 Å². The number of benzene rings is 2. The minimum absolute atomic E-state index is 0.264. The van der Waals surface area contributed by atoms with Crippen molar-refractivity contribution in [1.29, 1.82) is 0 Å². The number of aromatic nitrogens is 3. The first-order valence-corrected chi connectivity index (χ1v) is 6.15. The molecule has 3 aromatic rings. The minimum Gasteiger partial charge on any atom is -0.458 e. The van der Waals surface area contributed by atoms with E-state index in [4.69, 9.17) is 4.74 Å². The van der Waals surface area contributed by atoms with Gasteiger partial charge in [0.25, 0.3) is 0 Å². The number of hydrogen-bond acceptors (Lipinski definition) is 3. The second-order valence-electron chi connectivity index (χ2n) is 4.22. The summed E-state index contributed by atoms with van der Waals surface area (Å²) in [6, 6.07) is 16.1. The number of halogens is 1. The van der Waals surface area contributed by atoms with E-state index in [1.165, 1.54) is 12.1 Å². The third-order valence-corrected chi connectivity index (χ3v) is 2.77. The zero-order valence-corrected chi connectivity index (χ0v) is 10.6. The molecule has 100 valence electrons. The number of para-hydroxylation sites is 1. The Hall–Kier alpha value is -2.69. The Kier molecular flexibility index (Phi) is 3.41. The molecule has 3 rings (SSSR count). The lowest BCUT2D eigenvalue weighted by molar-refractivity contribution is 0.280. The lowest BCUT2D eigenvalue weighted by Crippen LogP contribution is -1.98. The molecule has 0 aliphatic heterocycles. The molecular weight excluding hydrogens is 257 g/mol. The van der Waals surface area contributed by atoms with Crippen LogP contribution in [0.25, 0.3) is 5.69 Å². The number of hydrogen-bond donors (Lipinski definition) is 0. The van der Waals surface area contributed by atoms with Gasteiger partial charge < -0.3 is 4.74 Å². The second-order valence-corrected chi connectivity index (χ2v) is 4.22. The van der Waals surface area contributed by atoms with Crippen LogP contribution in [0.4, 0.5) is 4.39 Å². The molecule has 0 amide bonds. The molecule has 0 aliphatic carbocycles. The van der Waals surface area contributed by atoms with Crippen LogP contribution in [0.5, 0.6) is 6.01 Å². The van der Waals surface area contributed by atoms with Crippen LogP contribution in [-0.2, 0) is 6.61 Å². The van der Waals surface area contributed by atoms with E-state index in [2.05, 4.69) is 10.1 Å². The highest BCUT2D eigenvalue weighted by Gasteiger charge is 2.04. The summed E-state index contributed by atoms with van der Waals surface area (Å²) in [6.45, 7) is 0.305. The Morgan fingerprint density at radius 3 is 2.50 bits per heavy atom. The van der Waals surface area contributed by atoms with Crippen LogP contribution in [0.15, 0.2) is 60.9 Å². The Bertz CT molecular complexity index is 680. The number of rotatable bonds is 4. The third kappa shape index (κ3) is 2.83. The molecule has 0 radical (unpaired) electrons. The molecule has 0 spiro atoms. The van der Waals surface area contributed by atoms with Crippen LogP contribution >= 0.6 is 0 Å². The summed E-state index contributed by atoms with van der Waals surface area (Å²) in [4.78, 5) is 4.08. The summed E-state index contributed by atoms with van der Waals surface area (Å²) in [5.74, 6) is -0.264. The summed E-state index contributed by atoms with van der Waals surface area (Å²) in [5, 5.41) is 4.22. The zero-order valence-electron chi connectivity index (χ0n) is 10.6. The Morgan fingerprint density at radius 1 is 1.00 bits per heavy atom. The summed E-state index contributed by atoms with van der Waals surface area (Å²) in [5.41, 5.74) is 1.78. The summed E-state index contributed by atoms with van der Waals surface area (Å²) < 4.78 is 19.9. The zero-order chi connectivity index (χ0) is 13.8. The predicted molar refractivity (Wildman–Crippen MR) is 72.1 cm³/mol. The third-order valence-electron chi connectivity index (χ3n) is 2.77. The van der Waals surface area contributed by atoms with Crippen LogP contribution < -0.4 is 4.74 Å². The lowest BCUT2D eigenvalue weighted by Gasteiger charge is -2.02. The summed E-state index contributed by atoms with van der Waals surface area (Å²) in [7, 11) is 0.